The van der Waals surface area contributed by atoms with E-state index in [9.17, 15) is 26.3 Å². The molecule has 0 heterocycles. The van der Waals surface area contributed by atoms with Crippen LogP contribution in [-0.2, 0) is 37.3 Å². The van der Waals surface area contributed by atoms with Crippen LogP contribution in [0.1, 0.15) is 81.1 Å². The van der Waals surface area contributed by atoms with Crippen molar-refractivity contribution in [2.75, 3.05) is 0 Å². The topological polar surface area (TPSA) is 121 Å². The normalized spacial score (nSPS) is 19.5. The van der Waals surface area contributed by atoms with E-state index in [1.54, 1.807) is 0 Å². The third-order valence-electron chi connectivity index (χ3n) is 5.41. The van der Waals surface area contributed by atoms with Gasteiger partial charge in [-0.05, 0) is 68.2 Å². The van der Waals surface area contributed by atoms with E-state index < -0.39 is 31.3 Å². The van der Waals surface area contributed by atoms with Gasteiger partial charge in [0, 0.05) is 36.3 Å². The summed E-state index contributed by atoms with van der Waals surface area (Å²) in [6, 6.07) is 4.02. The van der Waals surface area contributed by atoms with Gasteiger partial charge in [0.05, 0.1) is 0 Å². The van der Waals surface area contributed by atoms with E-state index in [0.717, 1.165) is 12.1 Å². The maximum Gasteiger partial charge on any atom is 2.00 e. The number of hydrogen-bond acceptors (Lipinski definition) is 8. The summed E-state index contributed by atoms with van der Waals surface area (Å²) < 4.78 is 118. The molecular formula is C20H38CuF6N2O6S2. The smallest absolute Gasteiger partial charge is 0.741 e. The number of nitrogens with zero attached hydrogens (tertiary/aromatic N) is 2. The quantitative estimate of drug-likeness (QED) is 0.178. The molecular weight excluding hydrogens is 606 g/mol. The Balaban J connectivity index is -0.000000564. The molecule has 1 radical (unpaired) electrons. The van der Waals surface area contributed by atoms with Crippen LogP contribution in [0.5, 0.6) is 0 Å². The number of halogens is 6. The molecule has 0 aliphatic heterocycles. The molecule has 0 aromatic rings. The monoisotopic (exact) mass is 643 g/mol. The third-order valence-corrected chi connectivity index (χ3v) is 6.55. The first-order valence-electron chi connectivity index (χ1n) is 11.4. The fourth-order valence-electron chi connectivity index (χ4n) is 4.51. The molecule has 1 aliphatic carbocycles. The van der Waals surface area contributed by atoms with E-state index in [1.165, 1.54) is 25.7 Å². The van der Waals surface area contributed by atoms with Crippen LogP contribution in [0.25, 0.3) is 0 Å². The summed E-state index contributed by atoms with van der Waals surface area (Å²) in [5, 5.41) is 0. The average molecular weight is 644 g/mol. The molecule has 1 saturated carbocycles. The van der Waals surface area contributed by atoms with Gasteiger partial charge < -0.3 is 9.11 Å². The summed E-state index contributed by atoms with van der Waals surface area (Å²) in [5.74, 6) is 0. The molecule has 37 heavy (non-hydrogen) atoms. The van der Waals surface area contributed by atoms with Crippen LogP contribution in [0, 0.1) is 0 Å². The van der Waals surface area contributed by atoms with Gasteiger partial charge in [0.2, 0.25) is 0 Å². The van der Waals surface area contributed by atoms with E-state index >= 15 is 0 Å². The Morgan fingerprint density at radius 2 is 0.757 bits per heavy atom. The molecule has 2 unspecified atom stereocenters. The van der Waals surface area contributed by atoms with Crippen LogP contribution in [-0.4, -0.2) is 83.0 Å². The van der Waals surface area contributed by atoms with Gasteiger partial charge in [0.25, 0.3) is 0 Å². The molecule has 1 aliphatic rings. The summed E-state index contributed by atoms with van der Waals surface area (Å²) in [6.45, 7) is 18.9. The molecule has 229 valence electrons. The van der Waals surface area contributed by atoms with Crippen LogP contribution in [0.4, 0.5) is 26.3 Å². The van der Waals surface area contributed by atoms with E-state index in [1.807, 2.05) is 0 Å². The molecule has 1 rings (SSSR count). The number of hydrogen-bond donors (Lipinski definition) is 0. The Morgan fingerprint density at radius 1 is 0.595 bits per heavy atom. The van der Waals surface area contributed by atoms with Crippen molar-refractivity contribution in [3.05, 3.63) is 0 Å². The van der Waals surface area contributed by atoms with Crippen molar-refractivity contribution in [1.29, 1.82) is 0 Å². The van der Waals surface area contributed by atoms with Crippen molar-refractivity contribution in [1.82, 2.24) is 9.80 Å². The van der Waals surface area contributed by atoms with Crippen molar-refractivity contribution in [2.45, 2.75) is 128 Å². The van der Waals surface area contributed by atoms with Crippen molar-refractivity contribution in [3.8, 4) is 0 Å². The largest absolute Gasteiger partial charge is 2.00 e. The fraction of sp³-hybridized carbons (Fsp3) is 1.00. The molecule has 0 aromatic heterocycles. The molecule has 2 atom stereocenters. The first kappa shape index (κ1) is 41.3. The zero-order chi connectivity index (χ0) is 29.4. The minimum absolute atomic E-state index is 0. The Hall–Kier alpha value is -0.161. The summed E-state index contributed by atoms with van der Waals surface area (Å²) >= 11 is 0. The summed E-state index contributed by atoms with van der Waals surface area (Å²) in [7, 11) is -12.2. The van der Waals surface area contributed by atoms with E-state index in [0.29, 0.717) is 24.2 Å². The standard InChI is InChI=1S/C18H38N2.2CHF3O3S.Cu/c1-13(2)19(14(3)4)17-11-9-10-12-18(17)20(15(5)6)16(7)8;2*2-1(3,4)8(5,6)7;/h13-18H,9-12H2,1-8H3;2*(H,5,6,7);/q;;;+2/p-2. The zero-order valence-electron chi connectivity index (χ0n) is 22.0. The summed E-state index contributed by atoms with van der Waals surface area (Å²) in [6.07, 6.45) is 5.55. The van der Waals surface area contributed by atoms with Gasteiger partial charge in [-0.3, -0.25) is 9.80 Å². The van der Waals surface area contributed by atoms with Crippen molar-refractivity contribution >= 4 is 20.2 Å². The molecule has 0 aromatic carbocycles. The van der Waals surface area contributed by atoms with Crippen LogP contribution in [0.3, 0.4) is 0 Å². The third kappa shape index (κ3) is 14.7. The summed E-state index contributed by atoms with van der Waals surface area (Å²) in [5.41, 5.74) is -11.3. The molecule has 0 spiro atoms. The van der Waals surface area contributed by atoms with E-state index in [4.69, 9.17) is 25.9 Å². The average Bonchev–Trinajstić information content (AvgIpc) is 2.59. The maximum absolute atomic E-state index is 10.7. The van der Waals surface area contributed by atoms with Gasteiger partial charge in [-0.15, -0.1) is 0 Å². The second-order valence-corrected chi connectivity index (χ2v) is 12.2. The van der Waals surface area contributed by atoms with E-state index in [2.05, 4.69) is 65.2 Å². The second kappa shape index (κ2) is 16.2. The molecule has 1 fully saturated rings. The predicted molar refractivity (Wildman–Crippen MR) is 122 cm³/mol. The van der Waals surface area contributed by atoms with Gasteiger partial charge in [0.1, 0.15) is 0 Å². The van der Waals surface area contributed by atoms with Gasteiger partial charge in [0.15, 0.2) is 20.2 Å². The van der Waals surface area contributed by atoms with Crippen molar-refractivity contribution in [2.24, 2.45) is 0 Å². The molecule has 8 nitrogen and oxygen atoms in total. The maximum atomic E-state index is 10.7. The van der Waals surface area contributed by atoms with Crippen LogP contribution >= 0.6 is 0 Å². The first-order valence-corrected chi connectivity index (χ1v) is 14.2. The molecule has 0 N–H and O–H groups in total. The predicted octanol–water partition coefficient (Wildman–Crippen LogP) is 4.64. The zero-order valence-corrected chi connectivity index (χ0v) is 24.6. The summed E-state index contributed by atoms with van der Waals surface area (Å²) in [4.78, 5) is 5.53. The Morgan fingerprint density at radius 3 is 0.865 bits per heavy atom. The van der Waals surface area contributed by atoms with Gasteiger partial charge in [-0.25, -0.2) is 16.8 Å². The Bertz CT molecular complexity index is 764. The Kier molecular flexibility index (Phi) is 18.1. The molecule has 0 saturated heterocycles. The minimum Gasteiger partial charge on any atom is -0.741 e. The van der Waals surface area contributed by atoms with Gasteiger partial charge >= 0.3 is 28.1 Å². The van der Waals surface area contributed by atoms with Crippen LogP contribution in [0.2, 0.25) is 0 Å². The van der Waals surface area contributed by atoms with Gasteiger partial charge in [-0.1, -0.05) is 12.8 Å². The van der Waals surface area contributed by atoms with Crippen LogP contribution < -0.4 is 0 Å². The minimum atomic E-state index is -6.09. The second-order valence-electron chi connectivity index (χ2n) is 9.49. The number of rotatable bonds is 6. The molecule has 17 heteroatoms. The molecule has 0 amide bonds. The van der Waals surface area contributed by atoms with E-state index in [-0.39, 0.29) is 17.1 Å². The molecule has 0 bridgehead atoms. The van der Waals surface area contributed by atoms with Gasteiger partial charge in [-0.2, -0.15) is 26.3 Å². The van der Waals surface area contributed by atoms with Crippen LogP contribution in [0.15, 0.2) is 0 Å². The first-order chi connectivity index (χ1) is 15.8. The van der Waals surface area contributed by atoms with Crippen molar-refractivity contribution < 1.29 is 69.4 Å². The number of alkyl halides is 6. The SMILES string of the molecule is CC(C)N(C(C)C)C1CCCCC1N(C(C)C)C(C)C.O=S(=O)([O-])C(F)(F)F.O=S(=O)([O-])C(F)(F)F.[Cu+2]. The van der Waals surface area contributed by atoms with Crippen molar-refractivity contribution in [3.63, 3.8) is 0 Å². The Labute approximate surface area is 227 Å². The fourth-order valence-corrected chi connectivity index (χ4v) is 4.51.